The standard InChI is InChI=1S/C18H21NO3/c1-18(21-12-13-22-18)16-8-5-11-19(14-16)17(20)10-9-15-6-3-2-4-7-15/h2-4,6-7,16H,5,8,11-14H2,1H3/t16-/m1/s1. The normalized spacial score (nSPS) is 23.7. The first-order chi connectivity index (χ1) is 10.7. The Balaban J connectivity index is 1.64. The van der Waals surface area contributed by atoms with Crippen LogP contribution in [0.15, 0.2) is 30.3 Å². The van der Waals surface area contributed by atoms with Gasteiger partial charge >= 0.3 is 0 Å². The molecule has 1 atom stereocenters. The number of hydrogen-bond donors (Lipinski definition) is 0. The molecule has 0 spiro atoms. The van der Waals surface area contributed by atoms with Gasteiger partial charge in [0.1, 0.15) is 0 Å². The summed E-state index contributed by atoms with van der Waals surface area (Å²) < 4.78 is 11.5. The van der Waals surface area contributed by atoms with Crippen molar-refractivity contribution in [2.75, 3.05) is 26.3 Å². The third-order valence-electron chi connectivity index (χ3n) is 4.40. The molecule has 2 heterocycles. The van der Waals surface area contributed by atoms with Crippen LogP contribution in [0.1, 0.15) is 25.3 Å². The highest BCUT2D eigenvalue weighted by Gasteiger charge is 2.42. The maximum atomic E-state index is 12.3. The number of ether oxygens (including phenoxy) is 2. The molecule has 0 aromatic heterocycles. The number of carbonyl (C=O) groups is 1. The third-order valence-corrected chi connectivity index (χ3v) is 4.40. The molecule has 1 aromatic rings. The molecule has 0 bridgehead atoms. The summed E-state index contributed by atoms with van der Waals surface area (Å²) in [6, 6.07) is 9.58. The first-order valence-corrected chi connectivity index (χ1v) is 7.81. The Morgan fingerprint density at radius 2 is 2.00 bits per heavy atom. The number of carbonyl (C=O) groups excluding carboxylic acids is 1. The Bertz CT molecular complexity index is 581. The fraction of sp³-hybridized carbons (Fsp3) is 0.500. The van der Waals surface area contributed by atoms with Crippen LogP contribution in [0.3, 0.4) is 0 Å². The van der Waals surface area contributed by atoms with Crippen LogP contribution in [0.4, 0.5) is 0 Å². The fourth-order valence-corrected chi connectivity index (χ4v) is 3.08. The molecule has 4 heteroatoms. The first-order valence-electron chi connectivity index (χ1n) is 7.81. The van der Waals surface area contributed by atoms with Crippen molar-refractivity contribution in [3.05, 3.63) is 35.9 Å². The highest BCUT2D eigenvalue weighted by Crippen LogP contribution is 2.33. The largest absolute Gasteiger partial charge is 0.347 e. The highest BCUT2D eigenvalue weighted by molar-refractivity contribution is 5.94. The van der Waals surface area contributed by atoms with Gasteiger partial charge < -0.3 is 14.4 Å². The van der Waals surface area contributed by atoms with Gasteiger partial charge in [-0.25, -0.2) is 0 Å². The lowest BCUT2D eigenvalue weighted by molar-refractivity contribution is -0.192. The predicted molar refractivity (Wildman–Crippen MR) is 82.9 cm³/mol. The summed E-state index contributed by atoms with van der Waals surface area (Å²) >= 11 is 0. The zero-order chi connectivity index (χ0) is 15.4. The van der Waals surface area contributed by atoms with Crippen LogP contribution >= 0.6 is 0 Å². The summed E-state index contributed by atoms with van der Waals surface area (Å²) in [5.41, 5.74) is 0.860. The minimum Gasteiger partial charge on any atom is -0.347 e. The first kappa shape index (κ1) is 15.1. The van der Waals surface area contributed by atoms with Gasteiger partial charge in [0.15, 0.2) is 5.79 Å². The van der Waals surface area contributed by atoms with E-state index in [2.05, 4.69) is 11.8 Å². The predicted octanol–water partition coefficient (Wildman–Crippen LogP) is 2.04. The molecule has 0 unspecified atom stereocenters. The van der Waals surface area contributed by atoms with Crippen LogP contribution < -0.4 is 0 Å². The average molecular weight is 299 g/mol. The van der Waals surface area contributed by atoms with Gasteiger partial charge in [-0.1, -0.05) is 24.1 Å². The quantitative estimate of drug-likeness (QED) is 0.745. The second kappa shape index (κ2) is 6.51. The third kappa shape index (κ3) is 3.32. The summed E-state index contributed by atoms with van der Waals surface area (Å²) in [5.74, 6) is 5.23. The van der Waals surface area contributed by atoms with E-state index in [1.807, 2.05) is 42.2 Å². The number of benzene rings is 1. The molecule has 1 aromatic carbocycles. The van der Waals surface area contributed by atoms with Gasteiger partial charge in [-0.3, -0.25) is 4.79 Å². The van der Waals surface area contributed by atoms with E-state index >= 15 is 0 Å². The van der Waals surface area contributed by atoms with Crippen molar-refractivity contribution in [2.24, 2.45) is 5.92 Å². The number of nitrogens with zero attached hydrogens (tertiary/aromatic N) is 1. The molecular weight excluding hydrogens is 278 g/mol. The molecule has 0 N–H and O–H groups in total. The fourth-order valence-electron chi connectivity index (χ4n) is 3.08. The summed E-state index contributed by atoms with van der Waals surface area (Å²) in [5, 5.41) is 0. The lowest BCUT2D eigenvalue weighted by Crippen LogP contribution is -2.48. The van der Waals surface area contributed by atoms with Crippen LogP contribution in [0.5, 0.6) is 0 Å². The van der Waals surface area contributed by atoms with Crippen molar-refractivity contribution < 1.29 is 14.3 Å². The molecule has 3 rings (SSSR count). The average Bonchev–Trinajstić information content (AvgIpc) is 3.02. The van der Waals surface area contributed by atoms with Gasteiger partial charge in [0.25, 0.3) is 5.91 Å². The van der Waals surface area contributed by atoms with Gasteiger partial charge in [-0.2, -0.15) is 0 Å². The zero-order valence-corrected chi connectivity index (χ0v) is 12.9. The molecular formula is C18H21NO3. The number of rotatable bonds is 1. The number of amides is 1. The maximum Gasteiger partial charge on any atom is 0.298 e. The van der Waals surface area contributed by atoms with E-state index in [0.29, 0.717) is 19.8 Å². The Morgan fingerprint density at radius 1 is 1.27 bits per heavy atom. The molecule has 2 fully saturated rings. The Morgan fingerprint density at radius 3 is 2.73 bits per heavy atom. The second-order valence-electron chi connectivity index (χ2n) is 5.92. The number of likely N-dealkylation sites (tertiary alicyclic amines) is 1. The minimum absolute atomic E-state index is 0.116. The van der Waals surface area contributed by atoms with Gasteiger partial charge in [0, 0.05) is 30.5 Å². The number of hydrogen-bond acceptors (Lipinski definition) is 3. The second-order valence-corrected chi connectivity index (χ2v) is 5.92. The van der Waals surface area contributed by atoms with E-state index < -0.39 is 5.79 Å². The van der Waals surface area contributed by atoms with E-state index in [1.165, 1.54) is 0 Å². The van der Waals surface area contributed by atoms with Gasteiger partial charge in [-0.05, 0) is 31.9 Å². The van der Waals surface area contributed by atoms with Crippen LogP contribution in [-0.2, 0) is 14.3 Å². The maximum absolute atomic E-state index is 12.3. The molecule has 2 saturated heterocycles. The molecule has 0 aliphatic carbocycles. The van der Waals surface area contributed by atoms with Crippen LogP contribution in [-0.4, -0.2) is 42.9 Å². The van der Waals surface area contributed by atoms with E-state index in [1.54, 1.807) is 0 Å². The topological polar surface area (TPSA) is 38.8 Å². The Hall–Kier alpha value is -1.83. The lowest BCUT2D eigenvalue weighted by Gasteiger charge is -2.39. The van der Waals surface area contributed by atoms with Gasteiger partial charge in [-0.15, -0.1) is 0 Å². The van der Waals surface area contributed by atoms with E-state index in [-0.39, 0.29) is 11.8 Å². The minimum atomic E-state index is -0.550. The van der Waals surface area contributed by atoms with Gasteiger partial charge in [0.05, 0.1) is 13.2 Å². The molecule has 4 nitrogen and oxygen atoms in total. The van der Waals surface area contributed by atoms with E-state index in [9.17, 15) is 4.79 Å². The molecule has 0 saturated carbocycles. The SMILES string of the molecule is CC1([C@@H]2CCCN(C(=O)C#Cc3ccccc3)C2)OCCO1. The Kier molecular flexibility index (Phi) is 4.47. The van der Waals surface area contributed by atoms with Crippen LogP contribution in [0.25, 0.3) is 0 Å². The molecule has 116 valence electrons. The summed E-state index contributed by atoms with van der Waals surface area (Å²) in [7, 11) is 0. The van der Waals surface area contributed by atoms with Crippen molar-refractivity contribution in [3.8, 4) is 11.8 Å². The summed E-state index contributed by atoms with van der Waals surface area (Å²) in [4.78, 5) is 14.1. The van der Waals surface area contributed by atoms with Crippen molar-refractivity contribution in [1.29, 1.82) is 0 Å². The molecule has 1 amide bonds. The lowest BCUT2D eigenvalue weighted by atomic mass is 9.90. The van der Waals surface area contributed by atoms with Crippen molar-refractivity contribution in [1.82, 2.24) is 4.90 Å². The summed E-state index contributed by atoms with van der Waals surface area (Å²) in [6.07, 6.45) is 1.98. The zero-order valence-electron chi connectivity index (χ0n) is 12.9. The molecule has 0 radical (unpaired) electrons. The molecule has 2 aliphatic rings. The Labute approximate surface area is 131 Å². The van der Waals surface area contributed by atoms with E-state index in [4.69, 9.17) is 9.47 Å². The molecule has 2 aliphatic heterocycles. The molecule has 22 heavy (non-hydrogen) atoms. The summed E-state index contributed by atoms with van der Waals surface area (Å²) in [6.45, 7) is 4.66. The van der Waals surface area contributed by atoms with Crippen molar-refractivity contribution in [3.63, 3.8) is 0 Å². The van der Waals surface area contributed by atoms with Crippen molar-refractivity contribution in [2.45, 2.75) is 25.6 Å². The monoisotopic (exact) mass is 299 g/mol. The smallest absolute Gasteiger partial charge is 0.298 e. The highest BCUT2D eigenvalue weighted by atomic mass is 16.7. The number of piperidine rings is 1. The van der Waals surface area contributed by atoms with Gasteiger partial charge in [0.2, 0.25) is 0 Å². The van der Waals surface area contributed by atoms with Crippen LogP contribution in [0.2, 0.25) is 0 Å². The van der Waals surface area contributed by atoms with Crippen LogP contribution in [0, 0.1) is 17.8 Å². The van der Waals surface area contributed by atoms with Crippen molar-refractivity contribution >= 4 is 5.91 Å². The van der Waals surface area contributed by atoms with E-state index in [0.717, 1.165) is 24.9 Å².